The monoisotopic (exact) mass is 265 g/mol. The summed E-state index contributed by atoms with van der Waals surface area (Å²) in [7, 11) is 0. The predicted molar refractivity (Wildman–Crippen MR) is 72.2 cm³/mol. The molecule has 1 amide bonds. The Morgan fingerprint density at radius 2 is 2.06 bits per heavy atom. The SMILES string of the molecule is CC1(C)OCCN1C(=O)/C=C/c1ccc(Cl)cc1. The van der Waals surface area contributed by atoms with Crippen molar-refractivity contribution in [1.29, 1.82) is 0 Å². The number of hydrogen-bond acceptors (Lipinski definition) is 2. The summed E-state index contributed by atoms with van der Waals surface area (Å²) in [6.07, 6.45) is 3.35. The molecule has 0 saturated carbocycles. The van der Waals surface area contributed by atoms with E-state index in [0.717, 1.165) is 5.56 Å². The largest absolute Gasteiger partial charge is 0.354 e. The number of rotatable bonds is 2. The van der Waals surface area contributed by atoms with Crippen LogP contribution in [0.1, 0.15) is 19.4 Å². The normalized spacial score (nSPS) is 18.5. The number of carbonyl (C=O) groups excluding carboxylic acids is 1. The van der Waals surface area contributed by atoms with Gasteiger partial charge in [-0.05, 0) is 37.6 Å². The van der Waals surface area contributed by atoms with E-state index in [0.29, 0.717) is 18.2 Å². The number of nitrogens with zero attached hydrogens (tertiary/aromatic N) is 1. The van der Waals surface area contributed by atoms with E-state index in [1.54, 1.807) is 29.2 Å². The highest BCUT2D eigenvalue weighted by molar-refractivity contribution is 6.30. The summed E-state index contributed by atoms with van der Waals surface area (Å²) < 4.78 is 5.50. The Labute approximate surface area is 112 Å². The number of ether oxygens (including phenoxy) is 1. The molecule has 4 heteroatoms. The second-order valence-electron chi connectivity index (χ2n) is 4.67. The Balaban J connectivity index is 2.05. The van der Waals surface area contributed by atoms with Crippen LogP contribution in [0.2, 0.25) is 5.02 Å². The molecule has 0 aromatic heterocycles. The highest BCUT2D eigenvalue weighted by Gasteiger charge is 2.35. The molecule has 0 unspecified atom stereocenters. The molecule has 0 aliphatic carbocycles. The molecule has 1 heterocycles. The molecule has 18 heavy (non-hydrogen) atoms. The minimum atomic E-state index is -0.512. The lowest BCUT2D eigenvalue weighted by Crippen LogP contribution is -2.42. The molecule has 0 spiro atoms. The summed E-state index contributed by atoms with van der Waals surface area (Å²) in [4.78, 5) is 13.8. The molecule has 0 bridgehead atoms. The Morgan fingerprint density at radius 1 is 1.39 bits per heavy atom. The Hall–Kier alpha value is -1.32. The van der Waals surface area contributed by atoms with Crippen molar-refractivity contribution in [3.8, 4) is 0 Å². The number of amides is 1. The Morgan fingerprint density at radius 3 is 2.61 bits per heavy atom. The summed E-state index contributed by atoms with van der Waals surface area (Å²) in [6, 6.07) is 7.35. The van der Waals surface area contributed by atoms with E-state index >= 15 is 0 Å². The first kappa shape index (κ1) is 13.1. The van der Waals surface area contributed by atoms with E-state index in [9.17, 15) is 4.79 Å². The molecule has 1 aromatic rings. The first-order chi connectivity index (χ1) is 8.49. The van der Waals surface area contributed by atoms with Gasteiger partial charge in [-0.25, -0.2) is 0 Å². The van der Waals surface area contributed by atoms with Crippen molar-refractivity contribution in [2.24, 2.45) is 0 Å². The second kappa shape index (κ2) is 5.12. The van der Waals surface area contributed by atoms with E-state index < -0.39 is 5.72 Å². The first-order valence-electron chi connectivity index (χ1n) is 5.88. The van der Waals surface area contributed by atoms with E-state index in [-0.39, 0.29) is 5.91 Å². The lowest BCUT2D eigenvalue weighted by molar-refractivity contribution is -0.138. The van der Waals surface area contributed by atoms with Crippen LogP contribution in [-0.4, -0.2) is 29.7 Å². The van der Waals surface area contributed by atoms with Crippen LogP contribution in [0.15, 0.2) is 30.3 Å². The number of hydrogen-bond donors (Lipinski definition) is 0. The standard InChI is InChI=1S/C14H16ClNO2/c1-14(2)16(9-10-18-14)13(17)8-5-11-3-6-12(15)7-4-11/h3-8H,9-10H2,1-2H3/b8-5+. The number of halogens is 1. The average molecular weight is 266 g/mol. The maximum Gasteiger partial charge on any atom is 0.248 e. The van der Waals surface area contributed by atoms with E-state index in [4.69, 9.17) is 16.3 Å². The van der Waals surface area contributed by atoms with Crippen molar-refractivity contribution in [2.75, 3.05) is 13.2 Å². The highest BCUT2D eigenvalue weighted by atomic mass is 35.5. The molecule has 1 saturated heterocycles. The van der Waals surface area contributed by atoms with Crippen molar-refractivity contribution in [2.45, 2.75) is 19.6 Å². The zero-order valence-electron chi connectivity index (χ0n) is 10.5. The molecule has 96 valence electrons. The van der Waals surface area contributed by atoms with Gasteiger partial charge in [0, 0.05) is 17.6 Å². The fraction of sp³-hybridized carbons (Fsp3) is 0.357. The van der Waals surface area contributed by atoms with Crippen LogP contribution < -0.4 is 0 Å². The highest BCUT2D eigenvalue weighted by Crippen LogP contribution is 2.22. The fourth-order valence-electron chi connectivity index (χ4n) is 1.94. The molecule has 3 nitrogen and oxygen atoms in total. The van der Waals surface area contributed by atoms with Crippen molar-refractivity contribution in [3.63, 3.8) is 0 Å². The minimum Gasteiger partial charge on any atom is -0.354 e. The summed E-state index contributed by atoms with van der Waals surface area (Å²) in [6.45, 7) is 5.02. The van der Waals surface area contributed by atoms with Crippen LogP contribution in [0.4, 0.5) is 0 Å². The molecule has 0 atom stereocenters. The summed E-state index contributed by atoms with van der Waals surface area (Å²) in [5, 5.41) is 0.688. The third kappa shape index (κ3) is 2.92. The zero-order chi connectivity index (χ0) is 13.2. The van der Waals surface area contributed by atoms with Crippen LogP contribution in [-0.2, 0) is 9.53 Å². The van der Waals surface area contributed by atoms with E-state index in [1.165, 1.54) is 0 Å². The van der Waals surface area contributed by atoms with Gasteiger partial charge in [0.05, 0.1) is 6.61 Å². The van der Waals surface area contributed by atoms with Gasteiger partial charge in [0.15, 0.2) is 0 Å². The van der Waals surface area contributed by atoms with Gasteiger partial charge in [0.2, 0.25) is 5.91 Å². The lowest BCUT2D eigenvalue weighted by Gasteiger charge is -2.28. The third-order valence-corrected chi connectivity index (χ3v) is 3.23. The first-order valence-corrected chi connectivity index (χ1v) is 6.26. The van der Waals surface area contributed by atoms with Crippen LogP contribution >= 0.6 is 11.6 Å². The van der Waals surface area contributed by atoms with Gasteiger partial charge in [0.1, 0.15) is 5.72 Å². The Bertz CT molecular complexity index is 465. The van der Waals surface area contributed by atoms with Crippen LogP contribution in [0.3, 0.4) is 0 Å². The van der Waals surface area contributed by atoms with E-state index in [2.05, 4.69) is 0 Å². The van der Waals surface area contributed by atoms with Crippen LogP contribution in [0.5, 0.6) is 0 Å². The molecule has 2 rings (SSSR count). The second-order valence-corrected chi connectivity index (χ2v) is 5.11. The van der Waals surface area contributed by atoms with Gasteiger partial charge >= 0.3 is 0 Å². The van der Waals surface area contributed by atoms with Gasteiger partial charge in [0.25, 0.3) is 0 Å². The molecule has 1 fully saturated rings. The molecular formula is C14H16ClNO2. The maximum absolute atomic E-state index is 12.0. The molecule has 0 radical (unpaired) electrons. The lowest BCUT2D eigenvalue weighted by atomic mass is 10.2. The van der Waals surface area contributed by atoms with Crippen molar-refractivity contribution >= 4 is 23.6 Å². The van der Waals surface area contributed by atoms with Crippen LogP contribution in [0.25, 0.3) is 6.08 Å². The van der Waals surface area contributed by atoms with Gasteiger partial charge in [-0.2, -0.15) is 0 Å². The van der Waals surface area contributed by atoms with Gasteiger partial charge in [-0.1, -0.05) is 23.7 Å². The maximum atomic E-state index is 12.0. The molecule has 0 N–H and O–H groups in total. The average Bonchev–Trinajstić information content (AvgIpc) is 2.68. The summed E-state index contributed by atoms with van der Waals surface area (Å²) in [5.74, 6) is -0.0348. The smallest absolute Gasteiger partial charge is 0.248 e. The number of carbonyl (C=O) groups is 1. The Kier molecular flexibility index (Phi) is 3.73. The van der Waals surface area contributed by atoms with Gasteiger partial charge in [-0.3, -0.25) is 4.79 Å². The molecule has 1 aliphatic rings. The summed E-state index contributed by atoms with van der Waals surface area (Å²) in [5.41, 5.74) is 0.437. The van der Waals surface area contributed by atoms with Crippen molar-refractivity contribution in [1.82, 2.24) is 4.90 Å². The quantitative estimate of drug-likeness (QED) is 0.770. The minimum absolute atomic E-state index is 0.0348. The van der Waals surface area contributed by atoms with Crippen molar-refractivity contribution in [3.05, 3.63) is 40.9 Å². The fourth-order valence-corrected chi connectivity index (χ4v) is 2.07. The zero-order valence-corrected chi connectivity index (χ0v) is 11.3. The van der Waals surface area contributed by atoms with Crippen LogP contribution in [0, 0.1) is 0 Å². The number of benzene rings is 1. The van der Waals surface area contributed by atoms with Gasteiger partial charge in [-0.15, -0.1) is 0 Å². The third-order valence-electron chi connectivity index (χ3n) is 2.97. The topological polar surface area (TPSA) is 29.5 Å². The van der Waals surface area contributed by atoms with E-state index in [1.807, 2.05) is 26.0 Å². The molecular weight excluding hydrogens is 250 g/mol. The molecule has 1 aliphatic heterocycles. The summed E-state index contributed by atoms with van der Waals surface area (Å²) >= 11 is 5.80. The predicted octanol–water partition coefficient (Wildman–Crippen LogP) is 2.95. The molecule has 1 aromatic carbocycles. The van der Waals surface area contributed by atoms with Crippen molar-refractivity contribution < 1.29 is 9.53 Å². The van der Waals surface area contributed by atoms with Gasteiger partial charge < -0.3 is 9.64 Å².